The van der Waals surface area contributed by atoms with E-state index in [2.05, 4.69) is 20.3 Å². The Labute approximate surface area is 162 Å². The number of anilines is 1. The van der Waals surface area contributed by atoms with Gasteiger partial charge in [-0.3, -0.25) is 9.78 Å². The quantitative estimate of drug-likeness (QED) is 0.777. The molecule has 0 unspecified atom stereocenters. The molecule has 7 nitrogen and oxygen atoms in total. The van der Waals surface area contributed by atoms with Gasteiger partial charge in [-0.2, -0.15) is 0 Å². The van der Waals surface area contributed by atoms with E-state index in [-0.39, 0.29) is 24.1 Å². The van der Waals surface area contributed by atoms with Crippen LogP contribution in [-0.4, -0.2) is 45.4 Å². The monoisotopic (exact) mass is 390 g/mol. The second-order valence-electron chi connectivity index (χ2n) is 6.65. The Morgan fingerprint density at radius 2 is 2.00 bits per heavy atom. The van der Waals surface area contributed by atoms with Gasteiger partial charge < -0.3 is 16.0 Å². The third-order valence-electron chi connectivity index (χ3n) is 4.85. The number of likely N-dealkylation sites (tertiary alicyclic amines) is 1. The van der Waals surface area contributed by atoms with Gasteiger partial charge in [0.05, 0.1) is 17.5 Å². The molecule has 4 rings (SSSR count). The maximum atomic E-state index is 14.0. The van der Waals surface area contributed by atoms with Gasteiger partial charge in [0.25, 0.3) is 5.91 Å². The Bertz CT molecular complexity index is 893. The number of aliphatic imine (C=N–C) groups is 1. The van der Waals surface area contributed by atoms with Crippen LogP contribution in [0.2, 0.25) is 0 Å². The molecule has 2 aliphatic rings. The minimum Gasteiger partial charge on any atom is -0.383 e. The Morgan fingerprint density at radius 3 is 2.67 bits per heavy atom. The number of fused-ring (bicyclic) bond motifs is 1. The zero-order valence-electron chi connectivity index (χ0n) is 14.8. The molecule has 9 heteroatoms. The van der Waals surface area contributed by atoms with E-state index >= 15 is 0 Å². The molecule has 1 fully saturated rings. The second kappa shape index (κ2) is 7.11. The number of halogens is 2. The van der Waals surface area contributed by atoms with Gasteiger partial charge in [0, 0.05) is 37.8 Å². The summed E-state index contributed by atoms with van der Waals surface area (Å²) in [6.45, 7) is 2.83. The highest BCUT2D eigenvalue weighted by Crippen LogP contribution is 2.35. The number of aryl methyl sites for hydroxylation is 1. The molecule has 0 atom stereocenters. The molecule has 0 aliphatic carbocycles. The van der Waals surface area contributed by atoms with Gasteiger partial charge in [-0.1, -0.05) is 6.07 Å². The van der Waals surface area contributed by atoms with Crippen molar-refractivity contribution in [2.45, 2.75) is 25.4 Å². The summed E-state index contributed by atoms with van der Waals surface area (Å²) < 4.78 is 14.0. The zero-order valence-corrected chi connectivity index (χ0v) is 15.6. The summed E-state index contributed by atoms with van der Waals surface area (Å²) in [7, 11) is 0. The lowest BCUT2D eigenvalue weighted by Crippen LogP contribution is -2.52. The van der Waals surface area contributed by atoms with Crippen LogP contribution in [-0.2, 0) is 0 Å². The summed E-state index contributed by atoms with van der Waals surface area (Å²) in [5, 5.41) is 3.32. The third-order valence-corrected chi connectivity index (χ3v) is 4.85. The number of nitrogens with zero attached hydrogens (tertiary/aromatic N) is 4. The fraction of sp³-hybridized carbons (Fsp3) is 0.333. The van der Waals surface area contributed by atoms with Crippen molar-refractivity contribution in [3.8, 4) is 0 Å². The second-order valence-corrected chi connectivity index (χ2v) is 6.65. The summed E-state index contributed by atoms with van der Waals surface area (Å²) in [6, 6.07) is 4.80. The van der Waals surface area contributed by atoms with Gasteiger partial charge >= 0.3 is 0 Å². The molecule has 142 valence electrons. The van der Waals surface area contributed by atoms with E-state index in [0.29, 0.717) is 42.9 Å². The van der Waals surface area contributed by atoms with Crippen LogP contribution < -0.4 is 11.1 Å². The van der Waals surface area contributed by atoms with Crippen LogP contribution in [0.15, 0.2) is 35.6 Å². The van der Waals surface area contributed by atoms with E-state index in [1.807, 2.05) is 6.92 Å². The summed E-state index contributed by atoms with van der Waals surface area (Å²) in [5.74, 6) is -0.343. The number of aromatic nitrogens is 2. The SMILES string of the molecule is Cc1cnc(C(=O)N2CCC3(CC2)N=C(N)c2c(F)cccc2N3)cn1.Cl. The van der Waals surface area contributed by atoms with Crippen LogP contribution >= 0.6 is 12.4 Å². The Kier molecular flexibility index (Phi) is 5.01. The van der Waals surface area contributed by atoms with Crippen LogP contribution in [0.25, 0.3) is 0 Å². The van der Waals surface area contributed by atoms with Gasteiger partial charge in [-0.25, -0.2) is 14.4 Å². The van der Waals surface area contributed by atoms with Crippen LogP contribution in [0.1, 0.15) is 34.6 Å². The molecule has 0 bridgehead atoms. The highest BCUT2D eigenvalue weighted by molar-refractivity contribution is 6.04. The molecule has 0 radical (unpaired) electrons. The number of hydrogen-bond acceptors (Lipinski definition) is 6. The summed E-state index contributed by atoms with van der Waals surface area (Å²) in [4.78, 5) is 27.1. The average molecular weight is 391 g/mol. The van der Waals surface area contributed by atoms with Crippen LogP contribution in [0.4, 0.5) is 10.1 Å². The number of nitrogens with two attached hydrogens (primary N) is 1. The lowest BCUT2D eigenvalue weighted by molar-refractivity contribution is 0.0679. The van der Waals surface area contributed by atoms with Crippen molar-refractivity contribution in [2.24, 2.45) is 10.7 Å². The fourth-order valence-electron chi connectivity index (χ4n) is 3.44. The van der Waals surface area contributed by atoms with Crippen molar-refractivity contribution in [1.82, 2.24) is 14.9 Å². The van der Waals surface area contributed by atoms with Crippen LogP contribution in [0.3, 0.4) is 0 Å². The molecular weight excluding hydrogens is 371 g/mol. The number of hydrogen-bond donors (Lipinski definition) is 2. The van der Waals surface area contributed by atoms with Crippen molar-refractivity contribution in [3.63, 3.8) is 0 Å². The Hall–Kier alpha value is -2.74. The smallest absolute Gasteiger partial charge is 0.274 e. The number of carbonyl (C=O) groups is 1. The highest BCUT2D eigenvalue weighted by Gasteiger charge is 2.39. The summed E-state index contributed by atoms with van der Waals surface area (Å²) in [6.07, 6.45) is 4.23. The number of rotatable bonds is 1. The van der Waals surface area contributed by atoms with Gasteiger partial charge in [-0.05, 0) is 19.1 Å². The minimum atomic E-state index is -0.611. The van der Waals surface area contributed by atoms with Gasteiger partial charge in [0.1, 0.15) is 23.0 Å². The van der Waals surface area contributed by atoms with Crippen molar-refractivity contribution >= 4 is 29.8 Å². The average Bonchev–Trinajstić information content (AvgIpc) is 2.62. The Balaban J connectivity index is 0.00000210. The molecule has 27 heavy (non-hydrogen) atoms. The Morgan fingerprint density at radius 1 is 1.26 bits per heavy atom. The lowest BCUT2D eigenvalue weighted by Gasteiger charge is -2.42. The largest absolute Gasteiger partial charge is 0.383 e. The van der Waals surface area contributed by atoms with Gasteiger partial charge in [0.2, 0.25) is 0 Å². The number of amidine groups is 1. The molecule has 3 heterocycles. The standard InChI is InChI=1S/C18H19FN6O.ClH/c1-11-9-22-14(10-21-11)17(26)25-7-5-18(6-8-25)23-13-4-2-3-12(19)15(13)16(20)24-18;/h2-4,9-10,23H,5-8H2,1H3,(H2,20,24);1H. The molecule has 1 aromatic heterocycles. The lowest BCUT2D eigenvalue weighted by atomic mass is 9.93. The zero-order chi connectivity index (χ0) is 18.3. The van der Waals surface area contributed by atoms with E-state index in [1.165, 1.54) is 12.3 Å². The number of amides is 1. The predicted octanol–water partition coefficient (Wildman–Crippen LogP) is 2.11. The van der Waals surface area contributed by atoms with E-state index in [0.717, 1.165) is 5.69 Å². The number of carbonyl (C=O) groups excluding carboxylic acids is 1. The first kappa shape index (κ1) is 19.0. The topological polar surface area (TPSA) is 96.5 Å². The van der Waals surface area contributed by atoms with E-state index in [9.17, 15) is 9.18 Å². The number of benzene rings is 1. The fourth-order valence-corrected chi connectivity index (χ4v) is 3.44. The van der Waals surface area contributed by atoms with Gasteiger partial charge in [-0.15, -0.1) is 12.4 Å². The molecule has 2 aliphatic heterocycles. The van der Waals surface area contributed by atoms with Crippen LogP contribution in [0.5, 0.6) is 0 Å². The van der Waals surface area contributed by atoms with E-state index in [1.54, 1.807) is 23.2 Å². The molecular formula is C18H20ClFN6O. The van der Waals surface area contributed by atoms with Crippen LogP contribution in [0, 0.1) is 12.7 Å². The summed E-state index contributed by atoms with van der Waals surface area (Å²) >= 11 is 0. The van der Waals surface area contributed by atoms with E-state index < -0.39 is 11.5 Å². The molecule has 0 saturated carbocycles. The number of piperidine rings is 1. The summed E-state index contributed by atoms with van der Waals surface area (Å²) in [5.41, 5.74) is 7.46. The maximum Gasteiger partial charge on any atom is 0.274 e. The predicted molar refractivity (Wildman–Crippen MR) is 103 cm³/mol. The van der Waals surface area contributed by atoms with Gasteiger partial charge in [0.15, 0.2) is 0 Å². The van der Waals surface area contributed by atoms with E-state index in [4.69, 9.17) is 5.73 Å². The molecule has 2 aromatic rings. The minimum absolute atomic E-state index is 0. The first-order chi connectivity index (χ1) is 12.5. The van der Waals surface area contributed by atoms with Crippen molar-refractivity contribution in [2.75, 3.05) is 18.4 Å². The third kappa shape index (κ3) is 3.44. The first-order valence-corrected chi connectivity index (χ1v) is 8.48. The normalized spacial score (nSPS) is 17.4. The molecule has 1 amide bonds. The molecule has 3 N–H and O–H groups in total. The first-order valence-electron chi connectivity index (χ1n) is 8.48. The van der Waals surface area contributed by atoms with Crippen molar-refractivity contribution in [3.05, 3.63) is 53.4 Å². The van der Waals surface area contributed by atoms with Crippen molar-refractivity contribution < 1.29 is 9.18 Å². The highest BCUT2D eigenvalue weighted by atomic mass is 35.5. The maximum absolute atomic E-state index is 14.0. The molecule has 1 aromatic carbocycles. The molecule has 1 spiro atoms. The molecule has 1 saturated heterocycles. The van der Waals surface area contributed by atoms with Crippen molar-refractivity contribution in [1.29, 1.82) is 0 Å². The number of nitrogens with one attached hydrogen (secondary N) is 1.